The van der Waals surface area contributed by atoms with Crippen LogP contribution in [-0.2, 0) is 4.79 Å². The molecule has 4 nitrogen and oxygen atoms in total. The van der Waals surface area contributed by atoms with E-state index >= 15 is 0 Å². The molecule has 0 aliphatic carbocycles. The van der Waals surface area contributed by atoms with Gasteiger partial charge in [0.25, 0.3) is 5.91 Å². The zero-order valence-electron chi connectivity index (χ0n) is 14.4. The molecule has 0 saturated heterocycles. The van der Waals surface area contributed by atoms with E-state index in [1.54, 1.807) is 7.05 Å². The fourth-order valence-electron chi connectivity index (χ4n) is 3.24. The summed E-state index contributed by atoms with van der Waals surface area (Å²) in [4.78, 5) is 15.2. The van der Waals surface area contributed by atoms with E-state index in [1.807, 2.05) is 37.3 Å². The third-order valence-electron chi connectivity index (χ3n) is 4.66. The molecule has 2 atom stereocenters. The quantitative estimate of drug-likeness (QED) is 0.624. The van der Waals surface area contributed by atoms with E-state index < -0.39 is 0 Å². The van der Waals surface area contributed by atoms with Crippen molar-refractivity contribution in [2.75, 3.05) is 13.6 Å². The number of hydrogen-bond acceptors (Lipinski definition) is 1. The standard InChI is InChI=1S/C20H22ClN3O/c1-13(20(25)22-2)23-11-16(14-7-3-5-9-18(14)21)17-12-24-19-10-6-4-8-15(17)19/h3-10,12-13,16,23-24H,11H2,1-2H3,(H,22,25)/p+1/t13-,16+/m1/s1. The molecule has 5 heteroatoms. The van der Waals surface area contributed by atoms with Crippen molar-refractivity contribution >= 4 is 28.4 Å². The average Bonchev–Trinajstić information content (AvgIpc) is 3.06. The second-order valence-corrected chi connectivity index (χ2v) is 6.65. The van der Waals surface area contributed by atoms with Gasteiger partial charge in [-0.1, -0.05) is 48.0 Å². The highest BCUT2D eigenvalue weighted by Crippen LogP contribution is 2.33. The predicted octanol–water partition coefficient (Wildman–Crippen LogP) is 2.65. The van der Waals surface area contributed by atoms with Gasteiger partial charge >= 0.3 is 0 Å². The molecule has 1 aromatic heterocycles. The van der Waals surface area contributed by atoms with Crippen molar-refractivity contribution in [2.45, 2.75) is 18.9 Å². The highest BCUT2D eigenvalue weighted by atomic mass is 35.5. The number of carbonyl (C=O) groups is 1. The SMILES string of the molecule is CNC(=O)[C@@H](C)[NH2+]C[C@@H](c1ccccc1Cl)c1c[nH]c2ccccc12. The Labute approximate surface area is 152 Å². The van der Waals surface area contributed by atoms with E-state index in [0.29, 0.717) is 0 Å². The molecule has 130 valence electrons. The van der Waals surface area contributed by atoms with Gasteiger partial charge in [0.2, 0.25) is 0 Å². The van der Waals surface area contributed by atoms with Crippen LogP contribution in [0.1, 0.15) is 24.0 Å². The van der Waals surface area contributed by atoms with Gasteiger partial charge in [-0.3, -0.25) is 4.79 Å². The Kier molecular flexibility index (Phi) is 5.41. The number of carbonyl (C=O) groups excluding carboxylic acids is 1. The lowest BCUT2D eigenvalue weighted by Crippen LogP contribution is -2.92. The van der Waals surface area contributed by atoms with Crippen molar-refractivity contribution in [3.63, 3.8) is 0 Å². The topological polar surface area (TPSA) is 61.5 Å². The first-order chi connectivity index (χ1) is 12.1. The van der Waals surface area contributed by atoms with Gasteiger partial charge < -0.3 is 15.6 Å². The van der Waals surface area contributed by atoms with Gasteiger partial charge in [0.1, 0.15) is 0 Å². The molecule has 0 unspecified atom stereocenters. The number of nitrogens with two attached hydrogens (primary N) is 1. The van der Waals surface area contributed by atoms with E-state index in [-0.39, 0.29) is 17.9 Å². The van der Waals surface area contributed by atoms with Crippen LogP contribution in [-0.4, -0.2) is 30.5 Å². The van der Waals surface area contributed by atoms with E-state index in [0.717, 1.165) is 22.6 Å². The van der Waals surface area contributed by atoms with Gasteiger partial charge in [-0.25, -0.2) is 0 Å². The number of aromatic nitrogens is 1. The summed E-state index contributed by atoms with van der Waals surface area (Å²) in [5.74, 6) is 0.119. The second kappa shape index (κ2) is 7.72. The first-order valence-corrected chi connectivity index (χ1v) is 8.85. The minimum Gasteiger partial charge on any atom is -0.361 e. The van der Waals surface area contributed by atoms with Crippen LogP contribution in [0.25, 0.3) is 10.9 Å². The summed E-state index contributed by atoms with van der Waals surface area (Å²) >= 11 is 6.49. The average molecular weight is 357 g/mol. The Morgan fingerprint density at radius 3 is 2.64 bits per heavy atom. The van der Waals surface area contributed by atoms with Gasteiger partial charge in [-0.2, -0.15) is 0 Å². The maximum atomic E-state index is 11.9. The highest BCUT2D eigenvalue weighted by Gasteiger charge is 2.24. The molecule has 0 spiro atoms. The largest absolute Gasteiger partial charge is 0.361 e. The summed E-state index contributed by atoms with van der Waals surface area (Å²) in [5, 5.41) is 6.70. The fraction of sp³-hybridized carbons (Fsp3) is 0.250. The van der Waals surface area contributed by atoms with Crippen LogP contribution in [0.4, 0.5) is 0 Å². The van der Waals surface area contributed by atoms with Crippen LogP contribution >= 0.6 is 11.6 Å². The van der Waals surface area contributed by atoms with Crippen LogP contribution in [0.3, 0.4) is 0 Å². The van der Waals surface area contributed by atoms with Gasteiger partial charge in [-0.05, 0) is 30.2 Å². The molecular weight excluding hydrogens is 334 g/mol. The number of fused-ring (bicyclic) bond motifs is 1. The second-order valence-electron chi connectivity index (χ2n) is 6.24. The number of rotatable bonds is 6. The Morgan fingerprint density at radius 1 is 1.16 bits per heavy atom. The first kappa shape index (κ1) is 17.5. The molecule has 3 rings (SSSR count). The van der Waals surface area contributed by atoms with E-state index in [9.17, 15) is 4.79 Å². The summed E-state index contributed by atoms with van der Waals surface area (Å²) in [7, 11) is 1.66. The number of amides is 1. The van der Waals surface area contributed by atoms with Crippen molar-refractivity contribution < 1.29 is 10.1 Å². The number of aromatic amines is 1. The van der Waals surface area contributed by atoms with Gasteiger partial charge in [-0.15, -0.1) is 0 Å². The summed E-state index contributed by atoms with van der Waals surface area (Å²) in [6.07, 6.45) is 2.05. The Morgan fingerprint density at radius 2 is 1.88 bits per heavy atom. The molecule has 3 aromatic rings. The molecule has 0 aliphatic rings. The zero-order valence-corrected chi connectivity index (χ0v) is 15.2. The normalized spacial score (nSPS) is 13.6. The number of likely N-dealkylation sites (N-methyl/N-ethyl adjacent to an activating group) is 1. The monoisotopic (exact) mass is 356 g/mol. The summed E-state index contributed by atoms with van der Waals surface area (Å²) in [6.45, 7) is 2.65. The van der Waals surface area contributed by atoms with Gasteiger partial charge in [0, 0.05) is 29.2 Å². The summed E-state index contributed by atoms with van der Waals surface area (Å²) in [5.41, 5.74) is 3.38. The minimum absolute atomic E-state index is 0.0248. The van der Waals surface area contributed by atoms with Crippen LogP contribution in [0.5, 0.6) is 0 Å². The molecule has 0 radical (unpaired) electrons. The van der Waals surface area contributed by atoms with E-state index in [2.05, 4.69) is 40.0 Å². The molecule has 4 N–H and O–H groups in total. The van der Waals surface area contributed by atoms with Crippen molar-refractivity contribution in [3.8, 4) is 0 Å². The van der Waals surface area contributed by atoms with Crippen LogP contribution < -0.4 is 10.6 Å². The van der Waals surface area contributed by atoms with Crippen LogP contribution in [0, 0.1) is 0 Å². The number of halogens is 1. The van der Waals surface area contributed by atoms with Crippen LogP contribution in [0.2, 0.25) is 5.02 Å². The maximum Gasteiger partial charge on any atom is 0.277 e. The number of H-pyrrole nitrogens is 1. The molecule has 1 heterocycles. The number of para-hydroxylation sites is 1. The van der Waals surface area contributed by atoms with Crippen molar-refractivity contribution in [1.82, 2.24) is 10.3 Å². The van der Waals surface area contributed by atoms with E-state index in [1.165, 1.54) is 10.9 Å². The summed E-state index contributed by atoms with van der Waals surface area (Å²) < 4.78 is 0. The Balaban J connectivity index is 1.98. The lowest BCUT2D eigenvalue weighted by molar-refractivity contribution is -0.674. The summed E-state index contributed by atoms with van der Waals surface area (Å²) in [6, 6.07) is 16.0. The molecular formula is C20H23ClN3O+. The number of hydrogen-bond donors (Lipinski definition) is 3. The lowest BCUT2D eigenvalue weighted by atomic mass is 9.90. The molecule has 25 heavy (non-hydrogen) atoms. The van der Waals surface area contributed by atoms with Crippen molar-refractivity contribution in [1.29, 1.82) is 0 Å². The smallest absolute Gasteiger partial charge is 0.277 e. The third kappa shape index (κ3) is 3.70. The van der Waals surface area contributed by atoms with Crippen LogP contribution in [0.15, 0.2) is 54.7 Å². The fourth-order valence-corrected chi connectivity index (χ4v) is 3.50. The third-order valence-corrected chi connectivity index (χ3v) is 5.01. The molecule has 0 fully saturated rings. The number of benzene rings is 2. The maximum absolute atomic E-state index is 11.9. The molecule has 0 saturated carbocycles. The molecule has 2 aromatic carbocycles. The van der Waals surface area contributed by atoms with Gasteiger partial charge in [0.05, 0.1) is 12.5 Å². The zero-order chi connectivity index (χ0) is 17.8. The van der Waals surface area contributed by atoms with Crippen molar-refractivity contribution in [2.24, 2.45) is 0 Å². The molecule has 1 amide bonds. The molecule has 0 aliphatic heterocycles. The number of nitrogens with one attached hydrogen (secondary N) is 2. The minimum atomic E-state index is -0.153. The number of quaternary nitrogens is 1. The van der Waals surface area contributed by atoms with Gasteiger partial charge in [0.15, 0.2) is 6.04 Å². The van der Waals surface area contributed by atoms with Crippen molar-refractivity contribution in [3.05, 3.63) is 70.9 Å². The Bertz CT molecular complexity index is 874. The first-order valence-electron chi connectivity index (χ1n) is 8.47. The predicted molar refractivity (Wildman–Crippen MR) is 102 cm³/mol. The highest BCUT2D eigenvalue weighted by molar-refractivity contribution is 6.31. The van der Waals surface area contributed by atoms with E-state index in [4.69, 9.17) is 11.6 Å². The Hall–Kier alpha value is -2.30. The molecule has 0 bridgehead atoms. The lowest BCUT2D eigenvalue weighted by Gasteiger charge is -2.19.